The lowest BCUT2D eigenvalue weighted by Crippen LogP contribution is -2.65. The number of benzene rings is 1. The molecule has 2 heterocycles. The minimum atomic E-state index is -0.559. The molecule has 3 saturated carbocycles. The van der Waals surface area contributed by atoms with Crippen molar-refractivity contribution in [1.29, 1.82) is 5.26 Å². The molecule has 1 aromatic carbocycles. The number of hydrogen-bond donors (Lipinski definition) is 2. The Bertz CT molecular complexity index is 1340. The SMILES string of the molecule is CC1(C)[C@H]2CC3OB(C(CCCCN)NC(=O)Cn4nc(CC#N)nc4Cc4cccc([N+](=O)[O-])c4)O[C@@]3(C)[C@@H]1C2. The zero-order valence-corrected chi connectivity index (χ0v) is 23.9. The molecular formula is C28H38BN7O5. The molecule has 4 fully saturated rings. The number of amides is 1. The van der Waals surface area contributed by atoms with Crippen LogP contribution in [-0.4, -0.2) is 56.9 Å². The largest absolute Gasteiger partial charge is 0.481 e. The highest BCUT2D eigenvalue weighted by Crippen LogP contribution is 2.65. The van der Waals surface area contributed by atoms with Crippen molar-refractivity contribution in [2.75, 3.05) is 6.54 Å². The van der Waals surface area contributed by atoms with E-state index in [1.165, 1.54) is 16.8 Å². The summed E-state index contributed by atoms with van der Waals surface area (Å²) in [6, 6.07) is 8.28. The third-order valence-corrected chi connectivity index (χ3v) is 9.42. The van der Waals surface area contributed by atoms with E-state index in [2.05, 4.69) is 36.2 Å². The summed E-state index contributed by atoms with van der Waals surface area (Å²) in [5, 5.41) is 27.9. The summed E-state index contributed by atoms with van der Waals surface area (Å²) < 4.78 is 14.6. The molecule has 5 atom stereocenters. The van der Waals surface area contributed by atoms with E-state index in [9.17, 15) is 14.9 Å². The molecule has 1 saturated heterocycles. The number of carbonyl (C=O) groups excluding carboxylic acids is 1. The van der Waals surface area contributed by atoms with Crippen molar-refractivity contribution in [3.8, 4) is 6.07 Å². The van der Waals surface area contributed by atoms with E-state index < -0.39 is 12.0 Å². The van der Waals surface area contributed by atoms with Crippen LogP contribution in [0, 0.1) is 38.7 Å². The fraction of sp³-hybridized carbons (Fsp3) is 0.643. The lowest BCUT2D eigenvalue weighted by molar-refractivity contribution is -0.384. The summed E-state index contributed by atoms with van der Waals surface area (Å²) in [4.78, 5) is 28.6. The first kappa shape index (κ1) is 29.2. The molecule has 12 nitrogen and oxygen atoms in total. The number of aromatic nitrogens is 3. The molecule has 1 amide bonds. The summed E-state index contributed by atoms with van der Waals surface area (Å²) in [5.74, 6) is 1.12. The fourth-order valence-electron chi connectivity index (χ4n) is 7.04. The van der Waals surface area contributed by atoms with Gasteiger partial charge in [-0.25, -0.2) is 9.67 Å². The van der Waals surface area contributed by atoms with E-state index >= 15 is 0 Å². The van der Waals surface area contributed by atoms with Crippen LogP contribution in [0.1, 0.15) is 70.1 Å². The van der Waals surface area contributed by atoms with Gasteiger partial charge in [0.15, 0.2) is 5.82 Å². The molecule has 4 aliphatic rings. The first-order chi connectivity index (χ1) is 19.5. The van der Waals surface area contributed by atoms with Gasteiger partial charge < -0.3 is 20.4 Å². The molecule has 1 aromatic heterocycles. The summed E-state index contributed by atoms with van der Waals surface area (Å²) >= 11 is 0. The second kappa shape index (κ2) is 11.5. The quantitative estimate of drug-likeness (QED) is 0.170. The maximum atomic E-state index is 13.4. The number of non-ortho nitro benzene ring substituents is 1. The Morgan fingerprint density at radius 3 is 2.88 bits per heavy atom. The van der Waals surface area contributed by atoms with Gasteiger partial charge >= 0.3 is 7.12 Å². The Labute approximate surface area is 240 Å². The molecule has 41 heavy (non-hydrogen) atoms. The first-order valence-electron chi connectivity index (χ1n) is 14.4. The van der Waals surface area contributed by atoms with Crippen LogP contribution in [0.25, 0.3) is 0 Å². The number of nitrogens with two attached hydrogens (primary N) is 1. The molecule has 2 unspecified atom stereocenters. The van der Waals surface area contributed by atoms with Crippen molar-refractivity contribution in [2.24, 2.45) is 23.0 Å². The van der Waals surface area contributed by atoms with Crippen LogP contribution < -0.4 is 11.1 Å². The van der Waals surface area contributed by atoms with Crippen molar-refractivity contribution in [2.45, 2.75) is 89.9 Å². The Morgan fingerprint density at radius 1 is 1.37 bits per heavy atom. The average molecular weight is 563 g/mol. The first-order valence-corrected chi connectivity index (χ1v) is 14.4. The van der Waals surface area contributed by atoms with E-state index in [0.717, 1.165) is 25.7 Å². The van der Waals surface area contributed by atoms with Gasteiger partial charge in [-0.2, -0.15) is 10.4 Å². The lowest BCUT2D eigenvalue weighted by atomic mass is 9.43. The number of unbranched alkanes of at least 4 members (excludes halogenated alkanes) is 1. The third kappa shape index (κ3) is 5.73. The highest BCUT2D eigenvalue weighted by Gasteiger charge is 2.68. The van der Waals surface area contributed by atoms with E-state index in [-0.39, 0.29) is 54.0 Å². The van der Waals surface area contributed by atoms with Crippen molar-refractivity contribution in [1.82, 2.24) is 20.1 Å². The average Bonchev–Trinajstić information content (AvgIpc) is 3.47. The van der Waals surface area contributed by atoms with E-state index in [4.69, 9.17) is 20.3 Å². The predicted octanol–water partition coefficient (Wildman–Crippen LogP) is 2.72. The van der Waals surface area contributed by atoms with E-state index in [1.807, 2.05) is 6.07 Å². The second-order valence-corrected chi connectivity index (χ2v) is 12.3. The van der Waals surface area contributed by atoms with Gasteiger partial charge in [0.05, 0.1) is 35.1 Å². The van der Waals surface area contributed by atoms with Crippen molar-refractivity contribution in [3.05, 3.63) is 51.6 Å². The Balaban J connectivity index is 1.31. The van der Waals surface area contributed by atoms with Crippen LogP contribution in [0.2, 0.25) is 0 Å². The normalized spacial score (nSPS) is 26.5. The maximum Gasteiger partial charge on any atom is 0.481 e. The summed E-state index contributed by atoms with van der Waals surface area (Å²) in [5.41, 5.74) is 6.20. The molecule has 6 rings (SSSR count). The number of nitro groups is 1. The molecular weight excluding hydrogens is 525 g/mol. The number of nitro benzene ring substituents is 1. The summed E-state index contributed by atoms with van der Waals surface area (Å²) in [7, 11) is -0.559. The number of carbonyl (C=O) groups is 1. The number of hydrogen-bond acceptors (Lipinski definition) is 9. The molecule has 1 aliphatic heterocycles. The molecule has 3 N–H and O–H groups in total. The second-order valence-electron chi connectivity index (χ2n) is 12.3. The van der Waals surface area contributed by atoms with Gasteiger partial charge in [0.2, 0.25) is 5.91 Å². The van der Waals surface area contributed by atoms with Crippen LogP contribution in [-0.2, 0) is 33.5 Å². The lowest BCUT2D eigenvalue weighted by Gasteiger charge is -2.64. The molecule has 2 aromatic rings. The molecule has 3 aliphatic carbocycles. The molecule has 218 valence electrons. The molecule has 0 spiro atoms. The summed E-state index contributed by atoms with van der Waals surface area (Å²) in [6.07, 6.45) is 4.62. The summed E-state index contributed by atoms with van der Waals surface area (Å²) in [6.45, 7) is 7.22. The van der Waals surface area contributed by atoms with Crippen LogP contribution in [0.4, 0.5) is 5.69 Å². The number of nitrogens with one attached hydrogen (secondary N) is 1. The monoisotopic (exact) mass is 563 g/mol. The predicted molar refractivity (Wildman–Crippen MR) is 150 cm³/mol. The third-order valence-electron chi connectivity index (χ3n) is 9.42. The van der Waals surface area contributed by atoms with Crippen molar-refractivity contribution >= 4 is 18.7 Å². The highest BCUT2D eigenvalue weighted by atomic mass is 16.7. The Morgan fingerprint density at radius 2 is 2.17 bits per heavy atom. The minimum Gasteiger partial charge on any atom is -0.404 e. The van der Waals surface area contributed by atoms with Gasteiger partial charge in [-0.15, -0.1) is 0 Å². The van der Waals surface area contributed by atoms with Gasteiger partial charge in [0.25, 0.3) is 5.69 Å². The number of nitriles is 1. The molecule has 0 radical (unpaired) electrons. The van der Waals surface area contributed by atoms with Crippen LogP contribution in [0.15, 0.2) is 24.3 Å². The Hall–Kier alpha value is -3.34. The van der Waals surface area contributed by atoms with Gasteiger partial charge in [-0.05, 0) is 62.0 Å². The van der Waals surface area contributed by atoms with Gasteiger partial charge in [0, 0.05) is 18.6 Å². The number of nitrogens with zero attached hydrogens (tertiary/aromatic N) is 5. The van der Waals surface area contributed by atoms with Crippen molar-refractivity contribution < 1.29 is 19.0 Å². The molecule has 13 heteroatoms. The van der Waals surface area contributed by atoms with Crippen LogP contribution in [0.5, 0.6) is 0 Å². The Kier molecular flexibility index (Phi) is 8.19. The zero-order valence-electron chi connectivity index (χ0n) is 23.9. The molecule has 2 bridgehead atoms. The van der Waals surface area contributed by atoms with Crippen LogP contribution in [0.3, 0.4) is 0 Å². The zero-order chi connectivity index (χ0) is 29.4. The smallest absolute Gasteiger partial charge is 0.404 e. The van der Waals surface area contributed by atoms with Crippen molar-refractivity contribution in [3.63, 3.8) is 0 Å². The van der Waals surface area contributed by atoms with Gasteiger partial charge in [-0.1, -0.05) is 32.4 Å². The van der Waals surface area contributed by atoms with E-state index in [0.29, 0.717) is 42.0 Å². The van der Waals surface area contributed by atoms with Gasteiger partial charge in [-0.3, -0.25) is 14.9 Å². The highest BCUT2D eigenvalue weighted by molar-refractivity contribution is 6.47. The van der Waals surface area contributed by atoms with Gasteiger partial charge in [0.1, 0.15) is 12.4 Å². The topological polar surface area (TPSA) is 171 Å². The van der Waals surface area contributed by atoms with E-state index in [1.54, 1.807) is 12.1 Å². The fourth-order valence-corrected chi connectivity index (χ4v) is 7.04. The maximum absolute atomic E-state index is 13.4. The van der Waals surface area contributed by atoms with Crippen LogP contribution >= 0.6 is 0 Å². The number of rotatable bonds is 12. The standard InChI is InChI=1S/C28H38BN7O5/c1-27(2)19-15-21(27)28(3)22(16-19)40-29(41-28)23(9-4-5-11-30)32-26(37)17-35-25(33-24(34-35)10-12-31)14-18-7-6-8-20(13-18)36(38)39/h6-8,13,19,21-23H,4-5,9-11,14-17,30H2,1-3H3,(H,32,37)/t19-,21-,22?,23?,28+/m1/s1. The minimum absolute atomic E-state index is 0.00331.